The van der Waals surface area contributed by atoms with E-state index in [9.17, 15) is 0 Å². The molecule has 34 heavy (non-hydrogen) atoms. The molecule has 0 bridgehead atoms. The quantitative estimate of drug-likeness (QED) is 0.344. The average molecular weight is 467 g/mol. The summed E-state index contributed by atoms with van der Waals surface area (Å²) >= 11 is 5.91. The number of thiocarbonyl (C=S) groups is 1. The van der Waals surface area contributed by atoms with Crippen LogP contribution in [-0.2, 0) is 0 Å². The Morgan fingerprint density at radius 2 is 1.65 bits per heavy atom. The molecule has 0 saturated carbocycles. The zero-order valence-corrected chi connectivity index (χ0v) is 21.1. The molecule has 2 atom stereocenters. The number of aromatic nitrogens is 2. The van der Waals surface area contributed by atoms with Crippen LogP contribution in [0.5, 0.6) is 0 Å². The summed E-state index contributed by atoms with van der Waals surface area (Å²) in [6.45, 7) is 10.8. The first-order valence-corrected chi connectivity index (χ1v) is 12.1. The van der Waals surface area contributed by atoms with Crippen LogP contribution >= 0.6 is 12.2 Å². The van der Waals surface area contributed by atoms with E-state index in [1.54, 1.807) is 0 Å². The molecular weight excluding hydrogens is 436 g/mol. The van der Waals surface area contributed by atoms with Crippen molar-refractivity contribution in [2.45, 2.75) is 46.7 Å². The normalized spacial score (nSPS) is 17.8. The van der Waals surface area contributed by atoms with Crippen LogP contribution in [0.25, 0.3) is 5.69 Å². The minimum absolute atomic E-state index is 0.0192. The highest BCUT2D eigenvalue weighted by atomic mass is 32.1. The molecule has 1 saturated heterocycles. The number of aryl methyl sites for hydroxylation is 4. The zero-order valence-electron chi connectivity index (χ0n) is 20.3. The van der Waals surface area contributed by atoms with Gasteiger partial charge in [0.25, 0.3) is 0 Å². The fraction of sp³-hybridized carbons (Fsp3) is 0.241. The lowest BCUT2D eigenvalue weighted by Gasteiger charge is -2.28. The second-order valence-electron chi connectivity index (χ2n) is 9.29. The van der Waals surface area contributed by atoms with Crippen LogP contribution in [0.1, 0.15) is 51.4 Å². The van der Waals surface area contributed by atoms with Crippen molar-refractivity contribution in [3.8, 4) is 5.69 Å². The topological polar surface area (TPSA) is 33.1 Å². The minimum Gasteiger partial charge on any atom is -0.351 e. The van der Waals surface area contributed by atoms with Crippen molar-refractivity contribution in [1.82, 2.24) is 14.9 Å². The predicted molar refractivity (Wildman–Crippen MR) is 144 cm³/mol. The summed E-state index contributed by atoms with van der Waals surface area (Å²) in [4.78, 5) is 6.96. The second kappa shape index (κ2) is 8.73. The van der Waals surface area contributed by atoms with Crippen LogP contribution < -0.4 is 10.2 Å². The molecule has 0 spiro atoms. The third kappa shape index (κ3) is 3.80. The maximum absolute atomic E-state index is 5.91. The highest BCUT2D eigenvalue weighted by Gasteiger charge is 2.42. The molecule has 4 nitrogen and oxygen atoms in total. The predicted octanol–water partition coefficient (Wildman–Crippen LogP) is 6.59. The number of hydrogen-bond acceptors (Lipinski definition) is 2. The van der Waals surface area contributed by atoms with Gasteiger partial charge in [-0.2, -0.15) is 0 Å². The van der Waals surface area contributed by atoms with Crippen LogP contribution in [0.15, 0.2) is 72.9 Å². The van der Waals surface area contributed by atoms with Gasteiger partial charge in [-0.1, -0.05) is 30.3 Å². The smallest absolute Gasteiger partial charge is 0.174 e. The van der Waals surface area contributed by atoms with Gasteiger partial charge in [-0.15, -0.1) is 0 Å². The molecule has 1 fully saturated rings. The largest absolute Gasteiger partial charge is 0.351 e. The molecule has 172 valence electrons. The van der Waals surface area contributed by atoms with Crippen molar-refractivity contribution >= 4 is 23.0 Å². The van der Waals surface area contributed by atoms with Gasteiger partial charge in [-0.25, -0.2) is 0 Å². The lowest BCUT2D eigenvalue weighted by molar-refractivity contribution is 0.565. The molecule has 0 amide bonds. The lowest BCUT2D eigenvalue weighted by Crippen LogP contribution is -2.29. The van der Waals surface area contributed by atoms with Gasteiger partial charge in [0, 0.05) is 29.0 Å². The zero-order chi connectivity index (χ0) is 24.0. The Morgan fingerprint density at radius 3 is 2.38 bits per heavy atom. The Kier molecular flexibility index (Phi) is 5.74. The van der Waals surface area contributed by atoms with Crippen molar-refractivity contribution in [2.24, 2.45) is 0 Å². The third-order valence-corrected chi connectivity index (χ3v) is 7.09. The maximum atomic E-state index is 5.91. The Morgan fingerprint density at radius 1 is 0.853 bits per heavy atom. The van der Waals surface area contributed by atoms with E-state index >= 15 is 0 Å². The Hall–Kier alpha value is -3.44. The highest BCUT2D eigenvalue weighted by molar-refractivity contribution is 7.80. The second-order valence-corrected chi connectivity index (χ2v) is 9.67. The van der Waals surface area contributed by atoms with E-state index in [1.165, 1.54) is 39.3 Å². The van der Waals surface area contributed by atoms with Gasteiger partial charge in [-0.3, -0.25) is 4.98 Å². The Balaban J connectivity index is 1.71. The molecule has 1 aliphatic rings. The molecule has 5 rings (SSSR count). The molecule has 4 aromatic rings. The lowest BCUT2D eigenvalue weighted by atomic mass is 9.96. The van der Waals surface area contributed by atoms with Gasteiger partial charge >= 0.3 is 0 Å². The van der Waals surface area contributed by atoms with Gasteiger partial charge in [0.15, 0.2) is 5.11 Å². The third-order valence-electron chi connectivity index (χ3n) is 6.77. The van der Waals surface area contributed by atoms with E-state index < -0.39 is 0 Å². The number of nitrogens with one attached hydrogen (secondary N) is 1. The number of anilines is 1. The van der Waals surface area contributed by atoms with Gasteiger partial charge in [0.2, 0.25) is 0 Å². The molecule has 2 aromatic heterocycles. The van der Waals surface area contributed by atoms with E-state index in [-0.39, 0.29) is 12.1 Å². The van der Waals surface area contributed by atoms with Crippen LogP contribution in [-0.4, -0.2) is 14.7 Å². The molecule has 0 aliphatic carbocycles. The van der Waals surface area contributed by atoms with Gasteiger partial charge in [0.1, 0.15) is 0 Å². The number of benzene rings is 2. The summed E-state index contributed by atoms with van der Waals surface area (Å²) in [5.41, 5.74) is 10.7. The van der Waals surface area contributed by atoms with Crippen LogP contribution in [0, 0.1) is 34.6 Å². The van der Waals surface area contributed by atoms with E-state index in [4.69, 9.17) is 17.2 Å². The number of pyridine rings is 1. The summed E-state index contributed by atoms with van der Waals surface area (Å²) in [7, 11) is 0. The van der Waals surface area contributed by atoms with Crippen molar-refractivity contribution in [3.05, 3.63) is 112 Å². The first kappa shape index (κ1) is 22.4. The number of rotatable bonds is 4. The van der Waals surface area contributed by atoms with E-state index in [1.807, 2.05) is 18.3 Å². The molecule has 0 unspecified atom stereocenters. The van der Waals surface area contributed by atoms with Gasteiger partial charge in [0.05, 0.1) is 17.8 Å². The van der Waals surface area contributed by atoms with Crippen molar-refractivity contribution in [2.75, 3.05) is 4.90 Å². The van der Waals surface area contributed by atoms with E-state index in [2.05, 4.69) is 104 Å². The monoisotopic (exact) mass is 466 g/mol. The first-order valence-electron chi connectivity index (χ1n) is 11.7. The number of hydrogen-bond donors (Lipinski definition) is 1. The molecule has 1 aliphatic heterocycles. The Bertz CT molecular complexity index is 1370. The van der Waals surface area contributed by atoms with Crippen LogP contribution in [0.2, 0.25) is 0 Å². The molecule has 3 heterocycles. The molecule has 0 radical (unpaired) electrons. The molecular formula is C29H30N4S. The molecule has 2 aromatic carbocycles. The molecule has 5 heteroatoms. The average Bonchev–Trinajstić information content (AvgIpc) is 3.31. The van der Waals surface area contributed by atoms with Crippen LogP contribution in [0.4, 0.5) is 5.69 Å². The minimum atomic E-state index is -0.0539. The maximum Gasteiger partial charge on any atom is 0.174 e. The summed E-state index contributed by atoms with van der Waals surface area (Å²) < 4.78 is 2.38. The van der Waals surface area contributed by atoms with Gasteiger partial charge in [-0.05, 0) is 105 Å². The van der Waals surface area contributed by atoms with Crippen molar-refractivity contribution < 1.29 is 0 Å². The first-order chi connectivity index (χ1) is 16.3. The van der Waals surface area contributed by atoms with Crippen molar-refractivity contribution in [3.63, 3.8) is 0 Å². The summed E-state index contributed by atoms with van der Waals surface area (Å²) in [5.74, 6) is 0. The van der Waals surface area contributed by atoms with E-state index in [0.29, 0.717) is 0 Å². The fourth-order valence-corrected chi connectivity index (χ4v) is 5.49. The summed E-state index contributed by atoms with van der Waals surface area (Å²) in [6, 6.07) is 23.5. The SMILES string of the molecule is Cc1cccc(N2C(=S)N[C@@H](c3ccccn3)[C@H]2c2cc(C)n(-c3cc(C)ccc3C)c2C)c1. The fourth-order valence-electron chi connectivity index (χ4n) is 5.14. The van der Waals surface area contributed by atoms with Gasteiger partial charge < -0.3 is 14.8 Å². The van der Waals surface area contributed by atoms with E-state index in [0.717, 1.165) is 16.5 Å². The highest BCUT2D eigenvalue weighted by Crippen LogP contribution is 2.44. The van der Waals surface area contributed by atoms with Crippen molar-refractivity contribution in [1.29, 1.82) is 0 Å². The molecule has 1 N–H and O–H groups in total. The summed E-state index contributed by atoms with van der Waals surface area (Å²) in [5, 5.41) is 4.31. The Labute approximate surface area is 207 Å². The standard InChI is InChI=1S/C29H30N4S/c1-18-9-8-10-23(15-18)33-28(27(31-29(33)34)25-11-6-7-14-30-25)24-17-21(4)32(22(24)5)26-16-19(2)12-13-20(26)3/h6-17,27-28H,1-5H3,(H,31,34)/t27-,28+/m0/s1. The summed E-state index contributed by atoms with van der Waals surface area (Å²) in [6.07, 6.45) is 1.85. The number of nitrogens with zero attached hydrogens (tertiary/aromatic N) is 3. The van der Waals surface area contributed by atoms with Crippen LogP contribution in [0.3, 0.4) is 0 Å².